The topological polar surface area (TPSA) is 60.2 Å². The molecule has 15 heavy (non-hydrogen) atoms. The van der Waals surface area contributed by atoms with Crippen molar-refractivity contribution in [1.82, 2.24) is 0 Å². The van der Waals surface area contributed by atoms with Crippen LogP contribution in [0.3, 0.4) is 0 Å². The van der Waals surface area contributed by atoms with Crippen molar-refractivity contribution in [3.63, 3.8) is 0 Å². The van der Waals surface area contributed by atoms with Gasteiger partial charge in [0.2, 0.25) is 5.91 Å². The summed E-state index contributed by atoms with van der Waals surface area (Å²) in [4.78, 5) is 20.7. The molecule has 4 heteroatoms. The molecule has 1 aromatic carbocycles. The molecule has 0 spiro atoms. The van der Waals surface area contributed by atoms with Gasteiger partial charge in [-0.25, -0.2) is 4.39 Å². The fourth-order valence-electron chi connectivity index (χ4n) is 1.05. The zero-order valence-electron chi connectivity index (χ0n) is 7.94. The minimum Gasteiger partial charge on any atom is -0.369 e. The monoisotopic (exact) mass is 207 g/mol. The summed E-state index contributed by atoms with van der Waals surface area (Å²) in [5, 5.41) is 0. The first kappa shape index (κ1) is 11.1. The molecule has 0 radical (unpaired) electrons. The molecule has 0 bridgehead atoms. The third kappa shape index (κ3) is 3.34. The van der Waals surface area contributed by atoms with Crippen LogP contribution in [-0.4, -0.2) is 12.2 Å². The number of nitrogens with two attached hydrogens (primary N) is 1. The van der Waals surface area contributed by atoms with Gasteiger partial charge in [0.25, 0.3) is 0 Å². The molecule has 2 N–H and O–H groups in total. The molecule has 0 heterocycles. The average molecular weight is 207 g/mol. The Morgan fingerprint density at radius 3 is 2.73 bits per heavy atom. The highest BCUT2D eigenvalue weighted by molar-refractivity contribution is 5.77. The van der Waals surface area contributed by atoms with E-state index in [9.17, 15) is 14.0 Å². The lowest BCUT2D eigenvalue weighted by atomic mass is 10.1. The van der Waals surface area contributed by atoms with E-state index in [1.807, 2.05) is 0 Å². The Balaban J connectivity index is 2.79. The van der Waals surface area contributed by atoms with E-state index >= 15 is 0 Å². The maximum Gasteiger partial charge on any atom is 0.221 e. The Kier molecular flexibility index (Phi) is 3.74. The molecular formula is C11H10FNO2. The second-order valence-corrected chi connectivity index (χ2v) is 2.97. The minimum atomic E-state index is -0.578. The van der Waals surface area contributed by atoms with Crippen molar-refractivity contribution in [2.75, 3.05) is 0 Å². The maximum absolute atomic E-state index is 13.1. The van der Waals surface area contributed by atoms with E-state index in [-0.39, 0.29) is 12.0 Å². The predicted molar refractivity (Wildman–Crippen MR) is 54.6 cm³/mol. The lowest BCUT2D eigenvalue weighted by molar-refractivity contribution is -0.117. The third-order valence-corrected chi connectivity index (χ3v) is 1.78. The van der Waals surface area contributed by atoms with E-state index in [1.165, 1.54) is 18.2 Å². The summed E-state index contributed by atoms with van der Waals surface area (Å²) in [7, 11) is 0. The quantitative estimate of drug-likeness (QED) is 0.761. The molecule has 0 fully saturated rings. The lowest BCUT2D eigenvalue weighted by Gasteiger charge is -1.96. The van der Waals surface area contributed by atoms with Gasteiger partial charge in [0.1, 0.15) is 5.82 Å². The van der Waals surface area contributed by atoms with Crippen LogP contribution < -0.4 is 5.73 Å². The Hall–Kier alpha value is -1.97. The molecule has 0 aliphatic carbocycles. The molecule has 1 amide bonds. The Morgan fingerprint density at radius 2 is 2.20 bits per heavy atom. The summed E-state index contributed by atoms with van der Waals surface area (Å²) in [6.45, 7) is 0. The van der Waals surface area contributed by atoms with Crippen molar-refractivity contribution in [2.45, 2.75) is 6.42 Å². The number of carbonyl (C=O) groups is 2. The molecule has 0 unspecified atom stereocenters. The van der Waals surface area contributed by atoms with Crippen LogP contribution in [0.5, 0.6) is 0 Å². The third-order valence-electron chi connectivity index (χ3n) is 1.78. The van der Waals surface area contributed by atoms with E-state index in [0.29, 0.717) is 11.8 Å². The largest absolute Gasteiger partial charge is 0.369 e. The number of amides is 1. The van der Waals surface area contributed by atoms with Crippen LogP contribution in [0.25, 0.3) is 6.08 Å². The standard InChI is InChI=1S/C11H10FNO2/c12-10-6-8(2-1-3-11(13)15)4-5-9(10)7-14/h1-2,4-7H,3H2,(H2,13,15). The number of halogens is 1. The summed E-state index contributed by atoms with van der Waals surface area (Å²) < 4.78 is 13.1. The van der Waals surface area contributed by atoms with Crippen molar-refractivity contribution in [2.24, 2.45) is 5.73 Å². The van der Waals surface area contributed by atoms with Crippen molar-refractivity contribution in [3.8, 4) is 0 Å². The van der Waals surface area contributed by atoms with E-state index in [2.05, 4.69) is 0 Å². The van der Waals surface area contributed by atoms with E-state index in [4.69, 9.17) is 5.73 Å². The SMILES string of the molecule is NC(=O)CC=Cc1ccc(C=O)c(F)c1. The lowest BCUT2D eigenvalue weighted by Crippen LogP contribution is -2.07. The molecule has 3 nitrogen and oxygen atoms in total. The highest BCUT2D eigenvalue weighted by Gasteiger charge is 2.00. The minimum absolute atomic E-state index is 0.0158. The molecule has 0 aliphatic heterocycles. The summed E-state index contributed by atoms with van der Waals surface area (Å²) in [6, 6.07) is 4.19. The van der Waals surface area contributed by atoms with Crippen LogP contribution in [0.2, 0.25) is 0 Å². The van der Waals surface area contributed by atoms with E-state index < -0.39 is 11.7 Å². The van der Waals surface area contributed by atoms with Gasteiger partial charge in [-0.15, -0.1) is 0 Å². The average Bonchev–Trinajstić information content (AvgIpc) is 2.17. The highest BCUT2D eigenvalue weighted by Crippen LogP contribution is 2.10. The molecule has 0 aromatic heterocycles. The van der Waals surface area contributed by atoms with Crippen LogP contribution in [0.4, 0.5) is 4.39 Å². The number of aldehydes is 1. The molecule has 0 saturated heterocycles. The smallest absolute Gasteiger partial charge is 0.221 e. The zero-order valence-corrected chi connectivity index (χ0v) is 7.94. The van der Waals surface area contributed by atoms with Gasteiger partial charge in [0.15, 0.2) is 6.29 Å². The van der Waals surface area contributed by atoms with Crippen LogP contribution in [-0.2, 0) is 4.79 Å². The van der Waals surface area contributed by atoms with Gasteiger partial charge in [-0.1, -0.05) is 18.2 Å². The number of benzene rings is 1. The van der Waals surface area contributed by atoms with Crippen LogP contribution in [0, 0.1) is 5.82 Å². The van der Waals surface area contributed by atoms with Gasteiger partial charge in [0.05, 0.1) is 5.56 Å². The summed E-state index contributed by atoms with van der Waals surface area (Å²) >= 11 is 0. The second kappa shape index (κ2) is 5.05. The molecule has 1 rings (SSSR count). The first-order valence-electron chi connectivity index (χ1n) is 4.33. The zero-order chi connectivity index (χ0) is 11.3. The van der Waals surface area contributed by atoms with Gasteiger partial charge in [0, 0.05) is 6.42 Å². The normalized spacial score (nSPS) is 10.5. The molecular weight excluding hydrogens is 197 g/mol. The van der Waals surface area contributed by atoms with E-state index in [1.54, 1.807) is 12.1 Å². The highest BCUT2D eigenvalue weighted by atomic mass is 19.1. The van der Waals surface area contributed by atoms with Crippen LogP contribution in [0.1, 0.15) is 22.3 Å². The van der Waals surface area contributed by atoms with Crippen molar-refractivity contribution in [1.29, 1.82) is 0 Å². The Bertz CT molecular complexity index is 413. The predicted octanol–water partition coefficient (Wildman–Crippen LogP) is 1.53. The number of rotatable bonds is 4. The number of carbonyl (C=O) groups excluding carboxylic acids is 2. The van der Waals surface area contributed by atoms with Crippen molar-refractivity contribution >= 4 is 18.3 Å². The number of primary amides is 1. The Labute approximate surface area is 86.4 Å². The fraction of sp³-hybridized carbons (Fsp3) is 0.0909. The van der Waals surface area contributed by atoms with Crippen LogP contribution in [0.15, 0.2) is 24.3 Å². The summed E-state index contributed by atoms with van der Waals surface area (Å²) in [5.41, 5.74) is 5.52. The summed E-state index contributed by atoms with van der Waals surface area (Å²) in [5.74, 6) is -1.03. The summed E-state index contributed by atoms with van der Waals surface area (Å²) in [6.07, 6.45) is 3.67. The maximum atomic E-state index is 13.1. The fourth-order valence-corrected chi connectivity index (χ4v) is 1.05. The van der Waals surface area contributed by atoms with Gasteiger partial charge < -0.3 is 5.73 Å². The molecule has 78 valence electrons. The first-order valence-corrected chi connectivity index (χ1v) is 4.33. The number of hydrogen-bond donors (Lipinski definition) is 1. The van der Waals surface area contributed by atoms with Gasteiger partial charge in [-0.2, -0.15) is 0 Å². The Morgan fingerprint density at radius 1 is 1.47 bits per heavy atom. The number of hydrogen-bond acceptors (Lipinski definition) is 2. The van der Waals surface area contributed by atoms with Crippen molar-refractivity contribution < 1.29 is 14.0 Å². The molecule has 0 aliphatic rings. The molecule has 1 aromatic rings. The molecule has 0 saturated carbocycles. The van der Waals surface area contributed by atoms with Gasteiger partial charge >= 0.3 is 0 Å². The second-order valence-electron chi connectivity index (χ2n) is 2.97. The van der Waals surface area contributed by atoms with Gasteiger partial charge in [-0.3, -0.25) is 9.59 Å². The van der Waals surface area contributed by atoms with Crippen LogP contribution >= 0.6 is 0 Å². The molecule has 0 atom stereocenters. The van der Waals surface area contributed by atoms with Gasteiger partial charge in [-0.05, 0) is 17.7 Å². The first-order chi connectivity index (χ1) is 7.13. The van der Waals surface area contributed by atoms with E-state index in [0.717, 1.165) is 0 Å². The van der Waals surface area contributed by atoms with Crippen molar-refractivity contribution in [3.05, 3.63) is 41.2 Å².